The van der Waals surface area contributed by atoms with E-state index in [4.69, 9.17) is 16.3 Å². The Balaban J connectivity index is 1.69. The molecule has 2 heterocycles. The highest BCUT2D eigenvalue weighted by molar-refractivity contribution is 6.30. The number of alkyl carbamates (subject to hydrolysis) is 1. The number of pyridine rings is 1. The number of aromatic nitrogens is 1. The molecule has 3 rings (SSSR count). The van der Waals surface area contributed by atoms with Crippen LogP contribution in [0.4, 0.5) is 20.6 Å². The van der Waals surface area contributed by atoms with Crippen LogP contribution in [-0.2, 0) is 11.3 Å². The van der Waals surface area contributed by atoms with Crippen LogP contribution in [0.2, 0.25) is 5.02 Å². The van der Waals surface area contributed by atoms with E-state index in [0.29, 0.717) is 19.0 Å². The van der Waals surface area contributed by atoms with E-state index >= 15 is 0 Å². The minimum Gasteiger partial charge on any atom is -0.444 e. The standard InChI is InChI=1S/C23H30ClFN4O2/c1-15-9-17(28-22(30)31-23(2,3)4)14-29(13-15)21-7-8-26-12-20(21)27-11-16-5-6-19(25)18(24)10-16/h5-8,10,12,15,17,27H,9,11,13-14H2,1-4H3,(H,28,30). The molecule has 2 atom stereocenters. The highest BCUT2D eigenvalue weighted by atomic mass is 35.5. The van der Waals surface area contributed by atoms with Crippen LogP contribution < -0.4 is 15.5 Å². The smallest absolute Gasteiger partial charge is 0.407 e. The molecule has 2 N–H and O–H groups in total. The van der Waals surface area contributed by atoms with E-state index in [-0.39, 0.29) is 11.1 Å². The fourth-order valence-electron chi connectivity index (χ4n) is 3.77. The van der Waals surface area contributed by atoms with Gasteiger partial charge in [0.2, 0.25) is 0 Å². The van der Waals surface area contributed by atoms with Gasteiger partial charge in [-0.3, -0.25) is 4.98 Å². The first-order chi connectivity index (χ1) is 14.6. The van der Waals surface area contributed by atoms with E-state index in [2.05, 4.69) is 27.4 Å². The summed E-state index contributed by atoms with van der Waals surface area (Å²) in [4.78, 5) is 18.7. The lowest BCUT2D eigenvalue weighted by atomic mass is 9.95. The van der Waals surface area contributed by atoms with Crippen LogP contribution >= 0.6 is 11.6 Å². The first kappa shape index (κ1) is 23.1. The van der Waals surface area contributed by atoms with Crippen molar-refractivity contribution < 1.29 is 13.9 Å². The second kappa shape index (κ2) is 9.73. The summed E-state index contributed by atoms with van der Waals surface area (Å²) in [5, 5.41) is 6.49. The summed E-state index contributed by atoms with van der Waals surface area (Å²) in [6.45, 7) is 9.76. The number of piperidine rings is 1. The molecule has 1 saturated heterocycles. The molecule has 0 saturated carbocycles. The van der Waals surface area contributed by atoms with Gasteiger partial charge in [-0.05, 0) is 56.9 Å². The molecule has 0 spiro atoms. The summed E-state index contributed by atoms with van der Waals surface area (Å²) in [6.07, 6.45) is 4.02. The Bertz CT molecular complexity index is 919. The monoisotopic (exact) mass is 448 g/mol. The summed E-state index contributed by atoms with van der Waals surface area (Å²) < 4.78 is 18.8. The van der Waals surface area contributed by atoms with Crippen LogP contribution in [-0.4, -0.2) is 35.8 Å². The summed E-state index contributed by atoms with van der Waals surface area (Å²) in [5.41, 5.74) is 2.21. The van der Waals surface area contributed by atoms with E-state index in [1.54, 1.807) is 24.5 Å². The normalized spacial score (nSPS) is 19.1. The lowest BCUT2D eigenvalue weighted by Crippen LogP contribution is -2.51. The van der Waals surface area contributed by atoms with E-state index < -0.39 is 17.5 Å². The number of carbonyl (C=O) groups is 1. The summed E-state index contributed by atoms with van der Waals surface area (Å²) in [6, 6.07) is 6.62. The maximum absolute atomic E-state index is 13.4. The molecule has 0 radical (unpaired) electrons. The number of nitrogens with zero attached hydrogens (tertiary/aromatic N) is 2. The molecule has 1 amide bonds. The number of hydrogen-bond acceptors (Lipinski definition) is 5. The Kier molecular flexibility index (Phi) is 7.26. The van der Waals surface area contributed by atoms with Gasteiger partial charge in [0.15, 0.2) is 0 Å². The number of benzene rings is 1. The first-order valence-electron chi connectivity index (χ1n) is 10.5. The van der Waals surface area contributed by atoms with Crippen molar-refractivity contribution in [3.05, 3.63) is 53.1 Å². The summed E-state index contributed by atoms with van der Waals surface area (Å²) in [5.74, 6) is -0.0380. The number of ether oxygens (including phenoxy) is 1. The minimum absolute atomic E-state index is 0.0180. The zero-order chi connectivity index (χ0) is 22.6. The number of anilines is 2. The highest BCUT2D eigenvalue weighted by Gasteiger charge is 2.28. The van der Waals surface area contributed by atoms with Crippen LogP contribution in [0.1, 0.15) is 39.7 Å². The molecule has 1 aliphatic rings. The third kappa shape index (κ3) is 6.72. The number of halogens is 2. The number of amides is 1. The van der Waals surface area contributed by atoms with Gasteiger partial charge in [0, 0.05) is 31.9 Å². The molecule has 168 valence electrons. The van der Waals surface area contributed by atoms with Gasteiger partial charge in [-0.1, -0.05) is 24.6 Å². The number of nitrogens with one attached hydrogen (secondary N) is 2. The molecule has 2 unspecified atom stereocenters. The molecule has 0 bridgehead atoms. The van der Waals surface area contributed by atoms with Gasteiger partial charge in [0.05, 0.1) is 22.6 Å². The summed E-state index contributed by atoms with van der Waals surface area (Å²) >= 11 is 5.89. The lowest BCUT2D eigenvalue weighted by Gasteiger charge is -2.39. The SMILES string of the molecule is CC1CC(NC(=O)OC(C)(C)C)CN(c2ccncc2NCc2ccc(F)c(Cl)c2)C1. The third-order valence-electron chi connectivity index (χ3n) is 4.99. The van der Waals surface area contributed by atoms with E-state index in [1.807, 2.05) is 26.8 Å². The summed E-state index contributed by atoms with van der Waals surface area (Å²) in [7, 11) is 0. The Labute approximate surface area is 188 Å². The van der Waals surface area contributed by atoms with Gasteiger partial charge in [0.25, 0.3) is 0 Å². The van der Waals surface area contributed by atoms with Crippen molar-refractivity contribution in [2.24, 2.45) is 5.92 Å². The van der Waals surface area contributed by atoms with Crippen LogP contribution in [0.5, 0.6) is 0 Å². The number of carbonyl (C=O) groups excluding carboxylic acids is 1. The number of rotatable bonds is 5. The van der Waals surface area contributed by atoms with Gasteiger partial charge in [-0.25, -0.2) is 9.18 Å². The molecular weight excluding hydrogens is 419 g/mol. The maximum Gasteiger partial charge on any atom is 0.407 e. The molecule has 1 aromatic carbocycles. The van der Waals surface area contributed by atoms with Crippen LogP contribution in [0, 0.1) is 11.7 Å². The fraction of sp³-hybridized carbons (Fsp3) is 0.478. The zero-order valence-corrected chi connectivity index (χ0v) is 19.2. The Morgan fingerprint density at radius 2 is 2.10 bits per heavy atom. The quantitative estimate of drug-likeness (QED) is 0.655. The van der Waals surface area contributed by atoms with Crippen molar-refractivity contribution in [2.45, 2.75) is 52.3 Å². The predicted octanol–water partition coefficient (Wildman–Crippen LogP) is 5.23. The molecule has 31 heavy (non-hydrogen) atoms. The second-order valence-corrected chi connectivity index (χ2v) is 9.49. The largest absolute Gasteiger partial charge is 0.444 e. The van der Waals surface area contributed by atoms with E-state index in [0.717, 1.165) is 29.9 Å². The Morgan fingerprint density at radius 1 is 1.32 bits per heavy atom. The van der Waals surface area contributed by atoms with Crippen LogP contribution in [0.3, 0.4) is 0 Å². The van der Waals surface area contributed by atoms with Crippen molar-refractivity contribution in [1.29, 1.82) is 0 Å². The third-order valence-corrected chi connectivity index (χ3v) is 5.28. The molecule has 2 aromatic rings. The molecule has 1 aliphatic heterocycles. The van der Waals surface area contributed by atoms with Gasteiger partial charge in [-0.15, -0.1) is 0 Å². The van der Waals surface area contributed by atoms with Crippen molar-refractivity contribution >= 4 is 29.1 Å². The van der Waals surface area contributed by atoms with Crippen molar-refractivity contribution in [3.63, 3.8) is 0 Å². The molecule has 0 aliphatic carbocycles. The fourth-order valence-corrected chi connectivity index (χ4v) is 3.98. The average molecular weight is 449 g/mol. The average Bonchev–Trinajstić information content (AvgIpc) is 2.67. The predicted molar refractivity (Wildman–Crippen MR) is 122 cm³/mol. The maximum atomic E-state index is 13.4. The van der Waals surface area contributed by atoms with Gasteiger partial charge < -0.3 is 20.3 Å². The molecule has 6 nitrogen and oxygen atoms in total. The zero-order valence-electron chi connectivity index (χ0n) is 18.4. The Morgan fingerprint density at radius 3 is 2.81 bits per heavy atom. The van der Waals surface area contributed by atoms with Crippen molar-refractivity contribution in [3.8, 4) is 0 Å². The molecule has 1 fully saturated rings. The van der Waals surface area contributed by atoms with Crippen LogP contribution in [0.15, 0.2) is 36.7 Å². The topological polar surface area (TPSA) is 66.5 Å². The van der Waals surface area contributed by atoms with Crippen molar-refractivity contribution in [1.82, 2.24) is 10.3 Å². The van der Waals surface area contributed by atoms with Gasteiger partial charge >= 0.3 is 6.09 Å². The minimum atomic E-state index is -0.532. The molecule has 1 aromatic heterocycles. The molecule has 8 heteroatoms. The van der Waals surface area contributed by atoms with Gasteiger partial charge in [0.1, 0.15) is 11.4 Å². The second-order valence-electron chi connectivity index (χ2n) is 9.08. The lowest BCUT2D eigenvalue weighted by molar-refractivity contribution is 0.0495. The van der Waals surface area contributed by atoms with Gasteiger partial charge in [-0.2, -0.15) is 0 Å². The first-order valence-corrected chi connectivity index (χ1v) is 10.8. The van der Waals surface area contributed by atoms with Crippen LogP contribution in [0.25, 0.3) is 0 Å². The number of hydrogen-bond donors (Lipinski definition) is 2. The van der Waals surface area contributed by atoms with E-state index in [1.165, 1.54) is 6.07 Å². The molecular formula is C23H30ClFN4O2. The Hall–Kier alpha value is -2.54. The van der Waals surface area contributed by atoms with E-state index in [9.17, 15) is 9.18 Å². The highest BCUT2D eigenvalue weighted by Crippen LogP contribution is 2.30. The van der Waals surface area contributed by atoms with Crippen molar-refractivity contribution in [2.75, 3.05) is 23.3 Å².